The van der Waals surface area contributed by atoms with Gasteiger partial charge in [0.2, 0.25) is 0 Å². The molecule has 0 saturated heterocycles. The van der Waals surface area contributed by atoms with Crippen molar-refractivity contribution in [3.8, 4) is 29.1 Å². The van der Waals surface area contributed by atoms with Crippen LogP contribution in [0.15, 0.2) is 72.8 Å². The highest BCUT2D eigenvalue weighted by atomic mass is 16.5. The fourth-order valence-electron chi connectivity index (χ4n) is 2.19. The standard InChI is InChI=1S/C22H16O4/c1-25-20-12-6-17(7-13-20)3-2-16-4-8-18(9-5-16)22(24)26-21-14-10-19(23)11-15-21/h4-15,23H,1H3. The van der Waals surface area contributed by atoms with Crippen LogP contribution in [-0.4, -0.2) is 18.2 Å². The minimum Gasteiger partial charge on any atom is -0.508 e. The second-order valence-corrected chi connectivity index (χ2v) is 5.44. The fourth-order valence-corrected chi connectivity index (χ4v) is 2.19. The lowest BCUT2D eigenvalue weighted by Crippen LogP contribution is -2.08. The maximum atomic E-state index is 12.1. The molecule has 4 heteroatoms. The number of carbonyl (C=O) groups excluding carboxylic acids is 1. The van der Waals surface area contributed by atoms with Gasteiger partial charge in [-0.15, -0.1) is 0 Å². The average molecular weight is 344 g/mol. The fraction of sp³-hybridized carbons (Fsp3) is 0.0455. The van der Waals surface area contributed by atoms with Gasteiger partial charge in [0.25, 0.3) is 0 Å². The number of rotatable bonds is 3. The van der Waals surface area contributed by atoms with Crippen molar-refractivity contribution in [2.24, 2.45) is 0 Å². The van der Waals surface area contributed by atoms with Crippen LogP contribution in [0.4, 0.5) is 0 Å². The Morgan fingerprint density at radius 2 is 1.27 bits per heavy atom. The normalized spacial score (nSPS) is 9.73. The van der Waals surface area contributed by atoms with Crippen molar-refractivity contribution in [3.63, 3.8) is 0 Å². The van der Waals surface area contributed by atoms with E-state index in [2.05, 4.69) is 11.8 Å². The molecule has 0 heterocycles. The first kappa shape index (κ1) is 17.1. The molecule has 3 aromatic rings. The van der Waals surface area contributed by atoms with Gasteiger partial charge in [-0.1, -0.05) is 11.8 Å². The van der Waals surface area contributed by atoms with E-state index in [1.807, 2.05) is 24.3 Å². The summed E-state index contributed by atoms with van der Waals surface area (Å²) in [7, 11) is 1.62. The molecule has 0 fully saturated rings. The zero-order chi connectivity index (χ0) is 18.4. The number of methoxy groups -OCH3 is 1. The summed E-state index contributed by atoms with van der Waals surface area (Å²) in [5.41, 5.74) is 2.09. The zero-order valence-electron chi connectivity index (χ0n) is 14.1. The Morgan fingerprint density at radius 1 is 0.769 bits per heavy atom. The van der Waals surface area contributed by atoms with Gasteiger partial charge in [0.1, 0.15) is 17.2 Å². The van der Waals surface area contributed by atoms with Crippen LogP contribution in [0.3, 0.4) is 0 Å². The number of phenolic OH excluding ortho intramolecular Hbond substituents is 1. The predicted molar refractivity (Wildman–Crippen MR) is 98.5 cm³/mol. The molecule has 3 aromatic carbocycles. The van der Waals surface area contributed by atoms with Crippen LogP contribution < -0.4 is 9.47 Å². The first-order chi connectivity index (χ1) is 12.6. The van der Waals surface area contributed by atoms with Crippen LogP contribution in [-0.2, 0) is 0 Å². The van der Waals surface area contributed by atoms with Gasteiger partial charge < -0.3 is 14.6 Å². The highest BCUT2D eigenvalue weighted by Gasteiger charge is 2.08. The molecular formula is C22H16O4. The summed E-state index contributed by atoms with van der Waals surface area (Å²) < 4.78 is 10.4. The lowest BCUT2D eigenvalue weighted by atomic mass is 10.1. The third-order valence-electron chi connectivity index (χ3n) is 3.61. The van der Waals surface area contributed by atoms with Gasteiger partial charge in [0.05, 0.1) is 12.7 Å². The maximum Gasteiger partial charge on any atom is 0.343 e. The van der Waals surface area contributed by atoms with E-state index in [9.17, 15) is 9.90 Å². The first-order valence-electron chi connectivity index (χ1n) is 7.91. The maximum absolute atomic E-state index is 12.1. The molecule has 0 bridgehead atoms. The lowest BCUT2D eigenvalue weighted by molar-refractivity contribution is 0.0734. The third-order valence-corrected chi connectivity index (χ3v) is 3.61. The SMILES string of the molecule is COc1ccc(C#Cc2ccc(C(=O)Oc3ccc(O)cc3)cc2)cc1. The van der Waals surface area contributed by atoms with Crippen molar-refractivity contribution in [1.82, 2.24) is 0 Å². The van der Waals surface area contributed by atoms with Crippen LogP contribution in [0, 0.1) is 11.8 Å². The van der Waals surface area contributed by atoms with Crippen molar-refractivity contribution < 1.29 is 19.4 Å². The molecule has 0 atom stereocenters. The van der Waals surface area contributed by atoms with E-state index >= 15 is 0 Å². The molecule has 0 unspecified atom stereocenters. The predicted octanol–water partition coefficient (Wildman–Crippen LogP) is 4.02. The number of phenols is 1. The number of hydrogen-bond donors (Lipinski definition) is 1. The van der Waals surface area contributed by atoms with E-state index in [4.69, 9.17) is 9.47 Å². The summed E-state index contributed by atoms with van der Waals surface area (Å²) in [6.07, 6.45) is 0. The Hall–Kier alpha value is -3.71. The Morgan fingerprint density at radius 3 is 1.81 bits per heavy atom. The van der Waals surface area contributed by atoms with Crippen molar-refractivity contribution in [2.75, 3.05) is 7.11 Å². The van der Waals surface area contributed by atoms with Crippen LogP contribution in [0.2, 0.25) is 0 Å². The number of ether oxygens (including phenoxy) is 2. The largest absolute Gasteiger partial charge is 0.508 e. The highest BCUT2D eigenvalue weighted by Crippen LogP contribution is 2.17. The molecule has 0 radical (unpaired) electrons. The summed E-state index contributed by atoms with van der Waals surface area (Å²) in [5.74, 6) is 6.91. The van der Waals surface area contributed by atoms with E-state index in [-0.39, 0.29) is 5.75 Å². The van der Waals surface area contributed by atoms with Gasteiger partial charge in [-0.3, -0.25) is 0 Å². The number of hydrogen-bond acceptors (Lipinski definition) is 4. The third kappa shape index (κ3) is 4.43. The number of aromatic hydroxyl groups is 1. The highest BCUT2D eigenvalue weighted by molar-refractivity contribution is 5.91. The summed E-state index contributed by atoms with van der Waals surface area (Å²) >= 11 is 0. The molecule has 0 amide bonds. The van der Waals surface area contributed by atoms with Crippen molar-refractivity contribution >= 4 is 5.97 Å². The van der Waals surface area contributed by atoms with Gasteiger partial charge in [0, 0.05) is 11.1 Å². The minimum absolute atomic E-state index is 0.115. The minimum atomic E-state index is -0.467. The zero-order valence-corrected chi connectivity index (χ0v) is 14.1. The van der Waals surface area contributed by atoms with Crippen LogP contribution in [0.5, 0.6) is 17.2 Å². The summed E-state index contributed by atoms with van der Waals surface area (Å²) in [5, 5.41) is 9.24. The Balaban J connectivity index is 1.67. The Labute approximate surface area is 151 Å². The molecule has 0 aromatic heterocycles. The van der Waals surface area contributed by atoms with E-state index < -0.39 is 5.97 Å². The molecule has 0 aliphatic heterocycles. The molecule has 4 nitrogen and oxygen atoms in total. The average Bonchev–Trinajstić information content (AvgIpc) is 2.69. The molecule has 0 spiro atoms. The van der Waals surface area contributed by atoms with E-state index in [0.29, 0.717) is 11.3 Å². The smallest absolute Gasteiger partial charge is 0.343 e. The van der Waals surface area contributed by atoms with Crippen molar-refractivity contribution in [1.29, 1.82) is 0 Å². The second-order valence-electron chi connectivity index (χ2n) is 5.44. The molecule has 3 rings (SSSR count). The van der Waals surface area contributed by atoms with Gasteiger partial charge in [-0.25, -0.2) is 4.79 Å². The number of carbonyl (C=O) groups is 1. The Bertz CT molecular complexity index is 944. The Kier molecular flexibility index (Phi) is 5.21. The molecule has 26 heavy (non-hydrogen) atoms. The summed E-state index contributed by atoms with van der Waals surface area (Å²) in [6.45, 7) is 0. The molecule has 0 saturated carbocycles. The molecule has 0 aliphatic rings. The number of esters is 1. The van der Waals surface area contributed by atoms with Gasteiger partial charge in [-0.05, 0) is 72.8 Å². The first-order valence-corrected chi connectivity index (χ1v) is 7.91. The number of benzene rings is 3. The quantitative estimate of drug-likeness (QED) is 0.443. The van der Waals surface area contributed by atoms with E-state index in [1.165, 1.54) is 24.3 Å². The molecular weight excluding hydrogens is 328 g/mol. The van der Waals surface area contributed by atoms with Crippen LogP contribution >= 0.6 is 0 Å². The summed E-state index contributed by atoms with van der Waals surface area (Å²) in [4.78, 5) is 12.1. The van der Waals surface area contributed by atoms with Gasteiger partial charge >= 0.3 is 5.97 Å². The van der Waals surface area contributed by atoms with E-state index in [0.717, 1.165) is 16.9 Å². The van der Waals surface area contributed by atoms with Crippen LogP contribution in [0.1, 0.15) is 21.5 Å². The molecule has 128 valence electrons. The topological polar surface area (TPSA) is 55.8 Å². The van der Waals surface area contributed by atoms with E-state index in [1.54, 1.807) is 31.4 Å². The second kappa shape index (κ2) is 7.91. The van der Waals surface area contributed by atoms with Gasteiger partial charge in [-0.2, -0.15) is 0 Å². The van der Waals surface area contributed by atoms with Crippen LogP contribution in [0.25, 0.3) is 0 Å². The summed E-state index contributed by atoms with van der Waals surface area (Å²) in [6, 6.07) is 20.3. The monoisotopic (exact) mass is 344 g/mol. The lowest BCUT2D eigenvalue weighted by Gasteiger charge is -2.04. The van der Waals surface area contributed by atoms with Crippen molar-refractivity contribution in [2.45, 2.75) is 0 Å². The van der Waals surface area contributed by atoms with Gasteiger partial charge in [0.15, 0.2) is 0 Å². The van der Waals surface area contributed by atoms with Crippen molar-refractivity contribution in [3.05, 3.63) is 89.5 Å². The molecule has 0 aliphatic carbocycles. The molecule has 1 N–H and O–H groups in total.